The van der Waals surface area contributed by atoms with Crippen molar-refractivity contribution >= 4 is 11.7 Å². The average molecular weight is 191 g/mol. The minimum absolute atomic E-state index is 0.120. The summed E-state index contributed by atoms with van der Waals surface area (Å²) in [5.74, 6) is 0.764. The lowest BCUT2D eigenvalue weighted by Crippen LogP contribution is -2.27. The highest BCUT2D eigenvalue weighted by atomic mass is 16.1. The summed E-state index contributed by atoms with van der Waals surface area (Å²) in [5, 5.41) is 2.90. The van der Waals surface area contributed by atoms with Crippen LogP contribution in [0.15, 0.2) is 18.3 Å². The molecule has 1 aromatic heterocycles. The van der Waals surface area contributed by atoms with Crippen molar-refractivity contribution in [3.63, 3.8) is 0 Å². The van der Waals surface area contributed by atoms with Gasteiger partial charge in [-0.3, -0.25) is 4.79 Å². The van der Waals surface area contributed by atoms with E-state index in [1.807, 2.05) is 0 Å². The lowest BCUT2D eigenvalue weighted by atomic mass is 10.2. The van der Waals surface area contributed by atoms with Crippen LogP contribution in [-0.2, 0) is 0 Å². The largest absolute Gasteiger partial charge is 0.383 e. The van der Waals surface area contributed by atoms with Crippen LogP contribution in [-0.4, -0.2) is 16.9 Å². The Morgan fingerprint density at radius 1 is 1.71 bits per heavy atom. The van der Waals surface area contributed by atoms with E-state index >= 15 is 0 Å². The van der Waals surface area contributed by atoms with E-state index in [2.05, 4.69) is 17.2 Å². The Kier molecular flexibility index (Phi) is 2.11. The van der Waals surface area contributed by atoms with Gasteiger partial charge in [0.2, 0.25) is 0 Å². The molecule has 0 aromatic carbocycles. The molecule has 0 radical (unpaired) electrons. The van der Waals surface area contributed by atoms with Gasteiger partial charge in [0, 0.05) is 12.2 Å². The van der Waals surface area contributed by atoms with Crippen LogP contribution in [0.4, 0.5) is 5.82 Å². The minimum atomic E-state index is -0.120. The number of hydrogen-bond acceptors (Lipinski definition) is 3. The van der Waals surface area contributed by atoms with Crippen LogP contribution in [0, 0.1) is 5.92 Å². The molecule has 14 heavy (non-hydrogen) atoms. The summed E-state index contributed by atoms with van der Waals surface area (Å²) in [6.07, 6.45) is 2.64. The number of carbonyl (C=O) groups excluding carboxylic acids is 1. The molecule has 3 N–H and O–H groups in total. The summed E-state index contributed by atoms with van der Waals surface area (Å²) in [6.45, 7) is 2.11. The van der Waals surface area contributed by atoms with Gasteiger partial charge in [-0.15, -0.1) is 0 Å². The van der Waals surface area contributed by atoms with Crippen molar-refractivity contribution in [1.29, 1.82) is 0 Å². The Balaban J connectivity index is 2.07. The topological polar surface area (TPSA) is 68.0 Å². The first-order chi connectivity index (χ1) is 6.68. The van der Waals surface area contributed by atoms with E-state index in [0.717, 1.165) is 6.42 Å². The normalized spacial score (nSPS) is 24.4. The Morgan fingerprint density at radius 3 is 3.00 bits per heavy atom. The molecule has 74 valence electrons. The van der Waals surface area contributed by atoms with E-state index in [1.165, 1.54) is 0 Å². The van der Waals surface area contributed by atoms with Crippen LogP contribution in [0.3, 0.4) is 0 Å². The third-order valence-electron chi connectivity index (χ3n) is 2.51. The molecule has 1 aliphatic carbocycles. The highest BCUT2D eigenvalue weighted by Gasteiger charge is 2.34. The van der Waals surface area contributed by atoms with Gasteiger partial charge in [0.1, 0.15) is 5.82 Å². The van der Waals surface area contributed by atoms with Gasteiger partial charge in [-0.05, 0) is 24.5 Å². The summed E-state index contributed by atoms with van der Waals surface area (Å²) in [6, 6.07) is 3.72. The zero-order valence-corrected chi connectivity index (χ0v) is 8.03. The summed E-state index contributed by atoms with van der Waals surface area (Å²) >= 11 is 0. The first-order valence-corrected chi connectivity index (χ1v) is 4.70. The van der Waals surface area contributed by atoms with Crippen molar-refractivity contribution in [1.82, 2.24) is 10.3 Å². The summed E-state index contributed by atoms with van der Waals surface area (Å²) in [4.78, 5) is 15.5. The van der Waals surface area contributed by atoms with Crippen LogP contribution in [0.5, 0.6) is 0 Å². The lowest BCUT2D eigenvalue weighted by Gasteiger charge is -2.04. The van der Waals surface area contributed by atoms with Crippen molar-refractivity contribution in [3.05, 3.63) is 23.9 Å². The van der Waals surface area contributed by atoms with E-state index in [9.17, 15) is 4.79 Å². The molecule has 4 nitrogen and oxygen atoms in total. The molecule has 1 amide bonds. The molecule has 1 aliphatic rings. The predicted octanol–water partition coefficient (Wildman–Crippen LogP) is 0.802. The molecule has 0 aliphatic heterocycles. The predicted molar refractivity (Wildman–Crippen MR) is 53.7 cm³/mol. The van der Waals surface area contributed by atoms with Gasteiger partial charge in [-0.2, -0.15) is 0 Å². The Morgan fingerprint density at radius 2 is 2.43 bits per heavy atom. The molecule has 0 spiro atoms. The maximum absolute atomic E-state index is 11.6. The number of nitrogens with one attached hydrogen (secondary N) is 1. The SMILES string of the molecule is CC1CC1NC(=O)c1cccnc1N. The standard InChI is InChI=1S/C10H13N3O/c1-6-5-8(6)13-10(14)7-3-2-4-12-9(7)11/h2-4,6,8H,5H2,1H3,(H2,11,12)(H,13,14). The van der Waals surface area contributed by atoms with E-state index in [1.54, 1.807) is 18.3 Å². The number of rotatable bonds is 2. The molecule has 0 bridgehead atoms. The van der Waals surface area contributed by atoms with Crippen molar-refractivity contribution in [3.8, 4) is 0 Å². The number of hydrogen-bond donors (Lipinski definition) is 2. The van der Waals surface area contributed by atoms with Gasteiger partial charge in [0.05, 0.1) is 5.56 Å². The maximum Gasteiger partial charge on any atom is 0.255 e. The average Bonchev–Trinajstić information content (AvgIpc) is 2.82. The second kappa shape index (κ2) is 3.29. The first kappa shape index (κ1) is 8.99. The minimum Gasteiger partial charge on any atom is -0.383 e. The van der Waals surface area contributed by atoms with Gasteiger partial charge < -0.3 is 11.1 Å². The number of aromatic nitrogens is 1. The van der Waals surface area contributed by atoms with Crippen molar-refractivity contribution in [2.75, 3.05) is 5.73 Å². The fourth-order valence-corrected chi connectivity index (χ4v) is 1.38. The fraction of sp³-hybridized carbons (Fsp3) is 0.400. The van der Waals surface area contributed by atoms with E-state index in [4.69, 9.17) is 5.73 Å². The van der Waals surface area contributed by atoms with Crippen LogP contribution in [0.1, 0.15) is 23.7 Å². The summed E-state index contributed by atoms with van der Waals surface area (Å²) in [5.41, 5.74) is 6.04. The molecule has 1 heterocycles. The molecule has 2 atom stereocenters. The maximum atomic E-state index is 11.6. The summed E-state index contributed by atoms with van der Waals surface area (Å²) in [7, 11) is 0. The van der Waals surface area contributed by atoms with Crippen molar-refractivity contribution in [2.24, 2.45) is 5.92 Å². The molecule has 2 unspecified atom stereocenters. The second-order valence-electron chi connectivity index (χ2n) is 3.73. The zero-order chi connectivity index (χ0) is 10.1. The number of nitrogens with two attached hydrogens (primary N) is 1. The highest BCUT2D eigenvalue weighted by Crippen LogP contribution is 2.29. The van der Waals surface area contributed by atoms with Gasteiger partial charge in [0.25, 0.3) is 5.91 Å². The molecule has 0 saturated heterocycles. The third kappa shape index (κ3) is 1.69. The number of carbonyl (C=O) groups is 1. The van der Waals surface area contributed by atoms with Gasteiger partial charge in [-0.1, -0.05) is 6.92 Å². The zero-order valence-electron chi connectivity index (χ0n) is 8.03. The second-order valence-corrected chi connectivity index (χ2v) is 3.73. The monoisotopic (exact) mass is 191 g/mol. The Labute approximate surface area is 82.5 Å². The van der Waals surface area contributed by atoms with Crippen LogP contribution in [0.2, 0.25) is 0 Å². The molecular weight excluding hydrogens is 178 g/mol. The molecule has 4 heteroatoms. The van der Waals surface area contributed by atoms with Crippen LogP contribution in [0.25, 0.3) is 0 Å². The van der Waals surface area contributed by atoms with Crippen molar-refractivity contribution in [2.45, 2.75) is 19.4 Å². The smallest absolute Gasteiger partial charge is 0.255 e. The van der Waals surface area contributed by atoms with Gasteiger partial charge >= 0.3 is 0 Å². The van der Waals surface area contributed by atoms with Gasteiger partial charge in [0.15, 0.2) is 0 Å². The molecular formula is C10H13N3O. The van der Waals surface area contributed by atoms with Crippen molar-refractivity contribution < 1.29 is 4.79 Å². The summed E-state index contributed by atoms with van der Waals surface area (Å²) < 4.78 is 0. The number of nitrogens with zero attached hydrogens (tertiary/aromatic N) is 1. The fourth-order valence-electron chi connectivity index (χ4n) is 1.38. The number of pyridine rings is 1. The molecule has 1 aromatic rings. The molecule has 1 saturated carbocycles. The van der Waals surface area contributed by atoms with E-state index in [-0.39, 0.29) is 5.91 Å². The van der Waals surface area contributed by atoms with E-state index in [0.29, 0.717) is 23.3 Å². The van der Waals surface area contributed by atoms with Crippen LogP contribution >= 0.6 is 0 Å². The lowest BCUT2D eigenvalue weighted by molar-refractivity contribution is 0.0950. The Bertz CT molecular complexity index is 364. The number of nitrogen functional groups attached to an aromatic ring is 1. The Hall–Kier alpha value is -1.58. The van der Waals surface area contributed by atoms with Crippen LogP contribution < -0.4 is 11.1 Å². The number of anilines is 1. The highest BCUT2D eigenvalue weighted by molar-refractivity contribution is 5.98. The number of amides is 1. The quantitative estimate of drug-likeness (QED) is 0.726. The first-order valence-electron chi connectivity index (χ1n) is 4.70. The van der Waals surface area contributed by atoms with E-state index < -0.39 is 0 Å². The molecule has 2 rings (SSSR count). The van der Waals surface area contributed by atoms with Gasteiger partial charge in [-0.25, -0.2) is 4.98 Å². The third-order valence-corrected chi connectivity index (χ3v) is 2.51. The molecule has 1 fully saturated rings.